The van der Waals surface area contributed by atoms with E-state index in [1.807, 2.05) is 50.2 Å². The highest BCUT2D eigenvalue weighted by Gasteiger charge is 2.35. The van der Waals surface area contributed by atoms with Gasteiger partial charge in [0.1, 0.15) is 6.04 Å². The van der Waals surface area contributed by atoms with Crippen molar-refractivity contribution in [1.82, 2.24) is 4.90 Å². The first-order chi connectivity index (χ1) is 13.8. The Morgan fingerprint density at radius 2 is 1.69 bits per heavy atom. The molecule has 0 radical (unpaired) electrons. The van der Waals surface area contributed by atoms with E-state index >= 15 is 0 Å². The minimum Gasteiger partial charge on any atom is -0.368 e. The molecular formula is C22H29N3O3S. The van der Waals surface area contributed by atoms with Crippen LogP contribution in [0.15, 0.2) is 54.6 Å². The number of para-hydroxylation sites is 1. The maximum atomic E-state index is 13.3. The standard InChI is InChI=1S/C22H29N3O3S/c1-4-21(25(29(3,27)28)20-12-8-9-18(2)17-20)22(26)24-15-13-23(14-16-24)19-10-6-5-7-11-19/h5-12,17,21H,4,13-16H2,1-3H3/t21-/m0/s1. The Morgan fingerprint density at radius 1 is 1.03 bits per heavy atom. The normalized spacial score (nSPS) is 15.8. The Morgan fingerprint density at radius 3 is 2.24 bits per heavy atom. The monoisotopic (exact) mass is 415 g/mol. The van der Waals surface area contributed by atoms with Crippen LogP contribution in [-0.4, -0.2) is 57.7 Å². The van der Waals surface area contributed by atoms with E-state index in [2.05, 4.69) is 17.0 Å². The smallest absolute Gasteiger partial charge is 0.246 e. The SMILES string of the molecule is CC[C@@H](C(=O)N1CCN(c2ccccc2)CC1)N(c1cccc(C)c1)S(C)(=O)=O. The van der Waals surface area contributed by atoms with Gasteiger partial charge in [-0.2, -0.15) is 0 Å². The van der Waals surface area contributed by atoms with Gasteiger partial charge in [0.05, 0.1) is 11.9 Å². The summed E-state index contributed by atoms with van der Waals surface area (Å²) >= 11 is 0. The third kappa shape index (κ3) is 4.90. The number of nitrogens with zero attached hydrogens (tertiary/aromatic N) is 3. The molecule has 1 heterocycles. The predicted molar refractivity (Wildman–Crippen MR) is 118 cm³/mol. The summed E-state index contributed by atoms with van der Waals surface area (Å²) in [6.45, 7) is 6.39. The molecule has 1 saturated heterocycles. The van der Waals surface area contributed by atoms with E-state index < -0.39 is 16.1 Å². The minimum absolute atomic E-state index is 0.132. The minimum atomic E-state index is -3.61. The van der Waals surface area contributed by atoms with Gasteiger partial charge in [-0.15, -0.1) is 0 Å². The largest absolute Gasteiger partial charge is 0.368 e. The molecule has 1 aliphatic rings. The van der Waals surface area contributed by atoms with Crippen LogP contribution in [-0.2, 0) is 14.8 Å². The molecule has 1 aliphatic heterocycles. The van der Waals surface area contributed by atoms with E-state index in [9.17, 15) is 13.2 Å². The van der Waals surface area contributed by atoms with Gasteiger partial charge in [0.25, 0.3) is 0 Å². The van der Waals surface area contributed by atoms with E-state index in [0.717, 1.165) is 24.3 Å². The van der Waals surface area contributed by atoms with Crippen molar-refractivity contribution in [1.29, 1.82) is 0 Å². The van der Waals surface area contributed by atoms with Gasteiger partial charge in [-0.25, -0.2) is 8.42 Å². The van der Waals surface area contributed by atoms with Crippen molar-refractivity contribution < 1.29 is 13.2 Å². The Balaban J connectivity index is 1.78. The van der Waals surface area contributed by atoms with Gasteiger partial charge in [0, 0.05) is 31.9 Å². The second-order valence-electron chi connectivity index (χ2n) is 7.47. The zero-order valence-corrected chi connectivity index (χ0v) is 18.1. The average molecular weight is 416 g/mol. The van der Waals surface area contributed by atoms with Gasteiger partial charge in [-0.3, -0.25) is 9.10 Å². The molecule has 0 unspecified atom stereocenters. The number of rotatable bonds is 6. The molecule has 1 fully saturated rings. The fourth-order valence-electron chi connectivity index (χ4n) is 3.84. The number of aryl methyl sites for hydroxylation is 1. The van der Waals surface area contributed by atoms with E-state index in [-0.39, 0.29) is 5.91 Å². The topological polar surface area (TPSA) is 60.9 Å². The highest BCUT2D eigenvalue weighted by atomic mass is 32.2. The van der Waals surface area contributed by atoms with E-state index in [0.29, 0.717) is 25.2 Å². The Bertz CT molecular complexity index is 939. The molecule has 2 aromatic rings. The predicted octanol–water partition coefficient (Wildman–Crippen LogP) is 2.89. The number of hydrogen-bond donors (Lipinski definition) is 0. The summed E-state index contributed by atoms with van der Waals surface area (Å²) in [7, 11) is -3.61. The quantitative estimate of drug-likeness (QED) is 0.728. The van der Waals surface area contributed by atoms with Gasteiger partial charge in [0.2, 0.25) is 15.9 Å². The molecule has 0 N–H and O–H groups in total. The van der Waals surface area contributed by atoms with Crippen molar-refractivity contribution in [2.24, 2.45) is 0 Å². The summed E-state index contributed by atoms with van der Waals surface area (Å²) < 4.78 is 26.5. The van der Waals surface area contributed by atoms with Crippen molar-refractivity contribution in [2.45, 2.75) is 26.3 Å². The van der Waals surface area contributed by atoms with E-state index in [1.165, 1.54) is 10.6 Å². The molecule has 0 spiro atoms. The van der Waals surface area contributed by atoms with Crippen molar-refractivity contribution in [3.63, 3.8) is 0 Å². The molecule has 3 rings (SSSR count). The molecule has 156 valence electrons. The zero-order chi connectivity index (χ0) is 21.0. The summed E-state index contributed by atoms with van der Waals surface area (Å²) in [5.74, 6) is -0.132. The molecule has 2 aromatic carbocycles. The lowest BCUT2D eigenvalue weighted by molar-refractivity contribution is -0.132. The van der Waals surface area contributed by atoms with E-state index in [1.54, 1.807) is 11.0 Å². The number of piperazine rings is 1. The molecule has 0 saturated carbocycles. The Labute approximate surface area is 173 Å². The molecule has 6 nitrogen and oxygen atoms in total. The van der Waals surface area contributed by atoms with Crippen LogP contribution in [0.4, 0.5) is 11.4 Å². The van der Waals surface area contributed by atoms with Gasteiger partial charge in [-0.1, -0.05) is 37.3 Å². The molecule has 0 bridgehead atoms. The maximum absolute atomic E-state index is 13.3. The van der Waals surface area contributed by atoms with Crippen LogP contribution in [0.25, 0.3) is 0 Å². The number of carbonyl (C=O) groups is 1. The number of hydrogen-bond acceptors (Lipinski definition) is 4. The first-order valence-corrected chi connectivity index (χ1v) is 11.8. The summed E-state index contributed by atoms with van der Waals surface area (Å²) in [5, 5.41) is 0. The second-order valence-corrected chi connectivity index (χ2v) is 9.33. The van der Waals surface area contributed by atoms with Crippen molar-refractivity contribution in [2.75, 3.05) is 41.6 Å². The lowest BCUT2D eigenvalue weighted by Gasteiger charge is -2.39. The lowest BCUT2D eigenvalue weighted by atomic mass is 10.1. The fraction of sp³-hybridized carbons (Fsp3) is 0.409. The van der Waals surface area contributed by atoms with Crippen LogP contribution in [0.2, 0.25) is 0 Å². The molecule has 0 aromatic heterocycles. The Kier molecular flexibility index (Phi) is 6.47. The molecular weight excluding hydrogens is 386 g/mol. The molecule has 1 amide bonds. The number of amides is 1. The van der Waals surface area contributed by atoms with Crippen LogP contribution >= 0.6 is 0 Å². The van der Waals surface area contributed by atoms with Crippen LogP contribution in [0.1, 0.15) is 18.9 Å². The van der Waals surface area contributed by atoms with E-state index in [4.69, 9.17) is 0 Å². The summed E-state index contributed by atoms with van der Waals surface area (Å²) in [6.07, 6.45) is 1.58. The van der Waals surface area contributed by atoms with Gasteiger partial charge < -0.3 is 9.80 Å². The first-order valence-electron chi connectivity index (χ1n) is 9.96. The van der Waals surface area contributed by atoms with Gasteiger partial charge >= 0.3 is 0 Å². The van der Waals surface area contributed by atoms with Crippen LogP contribution in [0.5, 0.6) is 0 Å². The average Bonchev–Trinajstić information content (AvgIpc) is 2.71. The number of carbonyl (C=O) groups excluding carboxylic acids is 1. The molecule has 0 aliphatic carbocycles. The van der Waals surface area contributed by atoms with Crippen LogP contribution < -0.4 is 9.21 Å². The zero-order valence-electron chi connectivity index (χ0n) is 17.3. The van der Waals surface area contributed by atoms with Crippen LogP contribution in [0.3, 0.4) is 0 Å². The fourth-order valence-corrected chi connectivity index (χ4v) is 5.04. The van der Waals surface area contributed by atoms with Crippen molar-refractivity contribution >= 4 is 27.3 Å². The maximum Gasteiger partial charge on any atom is 0.246 e. The lowest BCUT2D eigenvalue weighted by Crippen LogP contribution is -2.56. The number of anilines is 2. The third-order valence-corrected chi connectivity index (χ3v) is 6.46. The summed E-state index contributed by atoms with van der Waals surface area (Å²) in [6, 6.07) is 16.7. The molecule has 1 atom stereocenters. The van der Waals surface area contributed by atoms with Gasteiger partial charge in [-0.05, 0) is 43.2 Å². The van der Waals surface area contributed by atoms with Gasteiger partial charge in [0.15, 0.2) is 0 Å². The van der Waals surface area contributed by atoms with Crippen LogP contribution in [0, 0.1) is 6.92 Å². The first kappa shape index (κ1) is 21.2. The second kappa shape index (κ2) is 8.86. The summed E-state index contributed by atoms with van der Waals surface area (Å²) in [5.41, 5.74) is 2.63. The number of benzene rings is 2. The third-order valence-electron chi connectivity index (χ3n) is 5.28. The number of sulfonamides is 1. The Hall–Kier alpha value is -2.54. The molecule has 29 heavy (non-hydrogen) atoms. The highest BCUT2D eigenvalue weighted by molar-refractivity contribution is 7.92. The summed E-state index contributed by atoms with van der Waals surface area (Å²) in [4.78, 5) is 17.4. The highest BCUT2D eigenvalue weighted by Crippen LogP contribution is 2.25. The van der Waals surface area contributed by atoms with Crippen molar-refractivity contribution in [3.8, 4) is 0 Å². The van der Waals surface area contributed by atoms with Crippen molar-refractivity contribution in [3.05, 3.63) is 60.2 Å². The molecule has 7 heteroatoms.